The van der Waals surface area contributed by atoms with Gasteiger partial charge in [-0.05, 0) is 68.8 Å². The maximum atomic E-state index is 13.3. The first-order valence-electron chi connectivity index (χ1n) is 11.4. The number of likely N-dealkylation sites (tertiary alicyclic amines) is 1. The van der Waals surface area contributed by atoms with Crippen molar-refractivity contribution in [2.45, 2.75) is 62.6 Å². The molecule has 1 saturated carbocycles. The molecule has 7 heteroatoms. The summed E-state index contributed by atoms with van der Waals surface area (Å²) < 4.78 is 34.1. The summed E-state index contributed by atoms with van der Waals surface area (Å²) in [7, 11) is -1.82. The summed E-state index contributed by atoms with van der Waals surface area (Å²) in [5.74, 6) is 1.39. The van der Waals surface area contributed by atoms with Gasteiger partial charge in [-0.3, -0.25) is 0 Å². The minimum atomic E-state index is -3.56. The summed E-state index contributed by atoms with van der Waals surface area (Å²) in [6.07, 6.45) is 5.44. The number of ether oxygens (including phenoxy) is 1. The lowest BCUT2D eigenvalue weighted by atomic mass is 9.97. The fraction of sp³-hybridized carbons (Fsp3) is 0.520. The van der Waals surface area contributed by atoms with Gasteiger partial charge in [-0.15, -0.1) is 12.4 Å². The monoisotopic (exact) mass is 478 g/mol. The van der Waals surface area contributed by atoms with Crippen LogP contribution in [0, 0.1) is 5.92 Å². The van der Waals surface area contributed by atoms with Crippen LogP contribution in [0.4, 0.5) is 0 Å². The highest BCUT2D eigenvalue weighted by molar-refractivity contribution is 7.89. The van der Waals surface area contributed by atoms with E-state index >= 15 is 0 Å². The molecular formula is C25H35ClN2O3S. The van der Waals surface area contributed by atoms with E-state index < -0.39 is 10.0 Å². The third-order valence-electron chi connectivity index (χ3n) is 6.96. The Labute approximate surface area is 199 Å². The molecule has 0 bridgehead atoms. The minimum absolute atomic E-state index is 0. The maximum absolute atomic E-state index is 13.3. The topological polar surface area (TPSA) is 49.9 Å². The van der Waals surface area contributed by atoms with Gasteiger partial charge in [-0.2, -0.15) is 4.31 Å². The van der Waals surface area contributed by atoms with Gasteiger partial charge in [-0.1, -0.05) is 43.3 Å². The number of piperidine rings is 1. The maximum Gasteiger partial charge on any atom is 0.243 e. The zero-order valence-corrected chi connectivity index (χ0v) is 20.7. The molecule has 4 rings (SSSR count). The van der Waals surface area contributed by atoms with Gasteiger partial charge >= 0.3 is 0 Å². The van der Waals surface area contributed by atoms with Crippen LogP contribution in [-0.4, -0.2) is 49.8 Å². The number of rotatable bonds is 7. The number of benzene rings is 2. The first-order chi connectivity index (χ1) is 14.9. The van der Waals surface area contributed by atoms with E-state index in [9.17, 15) is 8.42 Å². The Hall–Kier alpha value is -1.60. The Bertz CT molecular complexity index is 962. The number of sulfonamides is 1. The van der Waals surface area contributed by atoms with Crippen molar-refractivity contribution in [3.8, 4) is 5.75 Å². The Kier molecular flexibility index (Phi) is 8.62. The highest BCUT2D eigenvalue weighted by atomic mass is 35.5. The van der Waals surface area contributed by atoms with Gasteiger partial charge in [0.25, 0.3) is 0 Å². The first-order valence-corrected chi connectivity index (χ1v) is 12.9. The molecule has 2 aromatic rings. The molecule has 2 fully saturated rings. The smallest absolute Gasteiger partial charge is 0.243 e. The number of hydrogen-bond donors (Lipinski definition) is 0. The van der Waals surface area contributed by atoms with Crippen LogP contribution < -0.4 is 4.74 Å². The largest absolute Gasteiger partial charge is 0.489 e. The van der Waals surface area contributed by atoms with Crippen molar-refractivity contribution in [3.05, 3.63) is 60.2 Å². The van der Waals surface area contributed by atoms with Crippen molar-refractivity contribution in [1.82, 2.24) is 9.21 Å². The molecule has 176 valence electrons. The predicted molar refractivity (Wildman–Crippen MR) is 131 cm³/mol. The molecule has 0 unspecified atom stereocenters. The van der Waals surface area contributed by atoms with Crippen LogP contribution in [0.15, 0.2) is 59.5 Å². The van der Waals surface area contributed by atoms with E-state index in [1.54, 1.807) is 29.6 Å². The lowest BCUT2D eigenvalue weighted by Gasteiger charge is -2.35. The molecule has 0 N–H and O–H groups in total. The fourth-order valence-corrected chi connectivity index (χ4v) is 6.25. The molecule has 0 radical (unpaired) electrons. The molecular weight excluding hydrogens is 444 g/mol. The molecule has 5 nitrogen and oxygen atoms in total. The van der Waals surface area contributed by atoms with Crippen LogP contribution in [-0.2, 0) is 16.6 Å². The Morgan fingerprint density at radius 3 is 2.44 bits per heavy atom. The van der Waals surface area contributed by atoms with Gasteiger partial charge in [0.1, 0.15) is 12.4 Å². The highest BCUT2D eigenvalue weighted by Crippen LogP contribution is 2.33. The minimum Gasteiger partial charge on any atom is -0.489 e. The fourth-order valence-electron chi connectivity index (χ4n) is 4.82. The van der Waals surface area contributed by atoms with E-state index in [4.69, 9.17) is 4.74 Å². The molecule has 32 heavy (non-hydrogen) atoms. The molecule has 1 saturated heterocycles. The summed E-state index contributed by atoms with van der Waals surface area (Å²) in [5, 5.41) is 0. The van der Waals surface area contributed by atoms with Crippen molar-refractivity contribution >= 4 is 22.4 Å². The lowest BCUT2D eigenvalue weighted by molar-refractivity contribution is 0.136. The van der Waals surface area contributed by atoms with E-state index in [0.717, 1.165) is 43.8 Å². The van der Waals surface area contributed by atoms with Crippen molar-refractivity contribution in [3.63, 3.8) is 0 Å². The third kappa shape index (κ3) is 5.84. The lowest BCUT2D eigenvalue weighted by Crippen LogP contribution is -2.41. The van der Waals surface area contributed by atoms with Gasteiger partial charge in [-0.25, -0.2) is 8.42 Å². The average Bonchev–Trinajstić information content (AvgIpc) is 3.28. The van der Waals surface area contributed by atoms with Crippen LogP contribution in [0.2, 0.25) is 0 Å². The third-order valence-corrected chi connectivity index (χ3v) is 8.86. The summed E-state index contributed by atoms with van der Waals surface area (Å²) in [4.78, 5) is 2.88. The van der Waals surface area contributed by atoms with Crippen LogP contribution in [0.1, 0.15) is 44.6 Å². The van der Waals surface area contributed by atoms with E-state index in [-0.39, 0.29) is 18.4 Å². The molecule has 1 heterocycles. The Morgan fingerprint density at radius 1 is 1.00 bits per heavy atom. The summed E-state index contributed by atoms with van der Waals surface area (Å²) >= 11 is 0. The molecule has 0 spiro atoms. The van der Waals surface area contributed by atoms with Crippen LogP contribution in [0.25, 0.3) is 0 Å². The number of hydrogen-bond acceptors (Lipinski definition) is 4. The van der Waals surface area contributed by atoms with Gasteiger partial charge in [0.15, 0.2) is 0 Å². The van der Waals surface area contributed by atoms with Gasteiger partial charge in [0.2, 0.25) is 10.0 Å². The quantitative estimate of drug-likeness (QED) is 0.564. The van der Waals surface area contributed by atoms with E-state index in [2.05, 4.69) is 11.8 Å². The first kappa shape index (κ1) is 25.0. The van der Waals surface area contributed by atoms with E-state index in [1.165, 1.54) is 12.8 Å². The van der Waals surface area contributed by atoms with E-state index in [1.807, 2.05) is 36.4 Å². The molecule has 1 aliphatic carbocycles. The second kappa shape index (κ2) is 11.0. The molecule has 2 atom stereocenters. The molecule has 0 aromatic heterocycles. The molecule has 2 aliphatic rings. The Balaban J connectivity index is 0.00000289. The van der Waals surface area contributed by atoms with Crippen molar-refractivity contribution in [1.29, 1.82) is 0 Å². The number of halogens is 1. The normalized spacial score (nSPS) is 22.6. The Morgan fingerprint density at radius 2 is 1.72 bits per heavy atom. The van der Waals surface area contributed by atoms with Crippen molar-refractivity contribution < 1.29 is 13.2 Å². The zero-order valence-electron chi connectivity index (χ0n) is 19.0. The van der Waals surface area contributed by atoms with Gasteiger partial charge in [0.05, 0.1) is 4.90 Å². The summed E-state index contributed by atoms with van der Waals surface area (Å²) in [5.41, 5.74) is 1.05. The van der Waals surface area contributed by atoms with Crippen molar-refractivity contribution in [2.24, 2.45) is 5.92 Å². The van der Waals surface area contributed by atoms with E-state index in [0.29, 0.717) is 23.3 Å². The van der Waals surface area contributed by atoms with Crippen LogP contribution in [0.3, 0.4) is 0 Å². The SMILES string of the molecule is CC1CCN([C@@H]2CC[C@H](N(C)S(=O)(=O)c3cccc(OCc4ccccc4)c3)C2)CC1.Cl. The molecule has 1 aliphatic heterocycles. The van der Waals surface area contributed by atoms with Crippen LogP contribution in [0.5, 0.6) is 5.75 Å². The van der Waals surface area contributed by atoms with Gasteiger partial charge < -0.3 is 9.64 Å². The number of nitrogens with zero attached hydrogens (tertiary/aromatic N) is 2. The molecule has 2 aromatic carbocycles. The molecule has 0 amide bonds. The van der Waals surface area contributed by atoms with Crippen molar-refractivity contribution in [2.75, 3.05) is 20.1 Å². The summed E-state index contributed by atoms with van der Waals surface area (Å²) in [6.45, 7) is 5.04. The predicted octanol–water partition coefficient (Wildman–Crippen LogP) is 4.96. The average molecular weight is 479 g/mol. The highest BCUT2D eigenvalue weighted by Gasteiger charge is 2.37. The second-order valence-corrected chi connectivity index (χ2v) is 11.1. The zero-order chi connectivity index (χ0) is 21.8. The second-order valence-electron chi connectivity index (χ2n) is 9.11. The standard InChI is InChI=1S/C25H34N2O3S.ClH/c1-20-13-15-27(16-14-20)23-12-11-22(17-23)26(2)31(28,29)25-10-6-9-24(18-25)30-19-21-7-4-3-5-8-21;/h3-10,18,20,22-23H,11-17,19H2,1-2H3;1H/t22-,23+;/m0./s1. The van der Waals surface area contributed by atoms with Crippen LogP contribution >= 0.6 is 12.4 Å². The summed E-state index contributed by atoms with van der Waals surface area (Å²) in [6, 6.07) is 17.3. The van der Waals surface area contributed by atoms with Gasteiger partial charge in [0, 0.05) is 25.2 Å².